The molecular weight excluding hydrogens is 376 g/mol. The molecule has 3 rings (SSSR count). The fourth-order valence-corrected chi connectivity index (χ4v) is 3.19. The van der Waals surface area contributed by atoms with Gasteiger partial charge in [-0.3, -0.25) is 4.79 Å². The first-order chi connectivity index (χ1) is 13.2. The van der Waals surface area contributed by atoms with Gasteiger partial charge in [0.05, 0.1) is 26.2 Å². The number of carbonyl (C=O) groups is 1. The van der Waals surface area contributed by atoms with Gasteiger partial charge in [0.15, 0.2) is 0 Å². The maximum Gasteiger partial charge on any atom is 0.246 e. The first-order valence-corrected chi connectivity index (χ1v) is 9.42. The third kappa shape index (κ3) is 7.00. The van der Waals surface area contributed by atoms with Crippen LogP contribution in [0.25, 0.3) is 6.08 Å². The zero-order valence-electron chi connectivity index (χ0n) is 15.8. The number of aliphatic hydroxyl groups excluding tert-OH is 1. The molecule has 6 heteroatoms. The van der Waals surface area contributed by atoms with Crippen molar-refractivity contribution in [1.82, 2.24) is 4.90 Å². The Kier molecular flexibility index (Phi) is 9.01. The molecule has 1 fully saturated rings. The summed E-state index contributed by atoms with van der Waals surface area (Å²) in [7, 11) is 0. The number of amides is 1. The Hall–Kier alpha value is -2.34. The number of hydrogen-bond donors (Lipinski definition) is 2. The van der Waals surface area contributed by atoms with Crippen molar-refractivity contribution in [1.29, 1.82) is 0 Å². The summed E-state index contributed by atoms with van der Waals surface area (Å²) in [6, 6.07) is 19.3. The Labute approximate surface area is 172 Å². The van der Waals surface area contributed by atoms with Gasteiger partial charge in [-0.15, -0.1) is 0 Å². The average Bonchev–Trinajstić information content (AvgIpc) is 2.72. The molecule has 28 heavy (non-hydrogen) atoms. The largest absolute Gasteiger partial charge is 1.00 e. The SMILES string of the molecule is O=C(/C=C/c1ccccc1)N1CC[NH+](CC(O)COc2ccccc2)CC1.[Cl-]. The predicted octanol–water partition coefficient (Wildman–Crippen LogP) is -2.13. The quantitative estimate of drug-likeness (QED) is 0.520. The molecule has 0 saturated carbocycles. The van der Waals surface area contributed by atoms with Crippen molar-refractivity contribution in [3.8, 4) is 5.75 Å². The molecule has 1 saturated heterocycles. The van der Waals surface area contributed by atoms with E-state index in [1.165, 1.54) is 4.90 Å². The molecule has 0 bridgehead atoms. The van der Waals surface area contributed by atoms with Crippen molar-refractivity contribution in [2.75, 3.05) is 39.3 Å². The molecule has 1 heterocycles. The second-order valence-electron chi connectivity index (χ2n) is 6.80. The molecular formula is C22H27ClN2O3. The number of quaternary nitrogens is 1. The second-order valence-corrected chi connectivity index (χ2v) is 6.80. The van der Waals surface area contributed by atoms with Crippen LogP contribution in [0.4, 0.5) is 0 Å². The van der Waals surface area contributed by atoms with Crippen LogP contribution in [0.15, 0.2) is 66.7 Å². The summed E-state index contributed by atoms with van der Waals surface area (Å²) in [5.41, 5.74) is 1.02. The number of benzene rings is 2. The van der Waals surface area contributed by atoms with Crippen molar-refractivity contribution in [3.63, 3.8) is 0 Å². The van der Waals surface area contributed by atoms with E-state index in [1.807, 2.05) is 71.6 Å². The van der Waals surface area contributed by atoms with Crippen LogP contribution in [0.5, 0.6) is 5.75 Å². The van der Waals surface area contributed by atoms with E-state index in [4.69, 9.17) is 4.74 Å². The number of hydrogen-bond acceptors (Lipinski definition) is 3. The third-order valence-corrected chi connectivity index (χ3v) is 4.71. The molecule has 0 aliphatic carbocycles. The number of nitrogens with zero attached hydrogens (tertiary/aromatic N) is 1. The molecule has 0 spiro atoms. The highest BCUT2D eigenvalue weighted by Crippen LogP contribution is 2.08. The van der Waals surface area contributed by atoms with Gasteiger partial charge in [0.1, 0.15) is 25.0 Å². The normalized spacial score (nSPS) is 15.8. The van der Waals surface area contributed by atoms with Crippen LogP contribution in [-0.2, 0) is 4.79 Å². The first kappa shape index (κ1) is 22.0. The number of ether oxygens (including phenoxy) is 1. The molecule has 0 radical (unpaired) electrons. The number of aliphatic hydroxyl groups is 1. The lowest BCUT2D eigenvalue weighted by molar-refractivity contribution is -0.907. The monoisotopic (exact) mass is 402 g/mol. The van der Waals surface area contributed by atoms with Crippen LogP contribution in [0, 0.1) is 0 Å². The lowest BCUT2D eigenvalue weighted by atomic mass is 10.2. The molecule has 1 aliphatic heterocycles. The van der Waals surface area contributed by atoms with Crippen LogP contribution >= 0.6 is 0 Å². The van der Waals surface area contributed by atoms with Crippen molar-refractivity contribution in [2.45, 2.75) is 6.10 Å². The van der Waals surface area contributed by atoms with Crippen LogP contribution in [0.1, 0.15) is 5.56 Å². The van der Waals surface area contributed by atoms with Crippen LogP contribution < -0.4 is 22.0 Å². The smallest absolute Gasteiger partial charge is 0.246 e. The number of para-hydroxylation sites is 1. The fraction of sp³-hybridized carbons (Fsp3) is 0.318. The number of rotatable bonds is 7. The second kappa shape index (κ2) is 11.5. The number of carbonyl (C=O) groups excluding carboxylic acids is 1. The molecule has 2 aromatic carbocycles. The van der Waals surface area contributed by atoms with Crippen molar-refractivity contribution < 1.29 is 31.9 Å². The summed E-state index contributed by atoms with van der Waals surface area (Å²) in [5, 5.41) is 10.2. The maximum atomic E-state index is 12.3. The van der Waals surface area contributed by atoms with E-state index in [1.54, 1.807) is 6.08 Å². The van der Waals surface area contributed by atoms with Gasteiger partial charge in [-0.25, -0.2) is 0 Å². The molecule has 2 aromatic rings. The minimum Gasteiger partial charge on any atom is -1.00 e. The minimum absolute atomic E-state index is 0. The van der Waals surface area contributed by atoms with Gasteiger partial charge in [0.2, 0.25) is 5.91 Å². The van der Waals surface area contributed by atoms with Crippen LogP contribution in [0.2, 0.25) is 0 Å². The van der Waals surface area contributed by atoms with E-state index in [2.05, 4.69) is 0 Å². The van der Waals surface area contributed by atoms with E-state index in [-0.39, 0.29) is 24.9 Å². The van der Waals surface area contributed by atoms with Gasteiger partial charge < -0.3 is 32.1 Å². The Morgan fingerprint density at radius 3 is 2.32 bits per heavy atom. The zero-order valence-corrected chi connectivity index (χ0v) is 16.6. The Balaban J connectivity index is 0.00000280. The highest BCUT2D eigenvalue weighted by Gasteiger charge is 2.24. The van der Waals surface area contributed by atoms with Crippen LogP contribution in [-0.4, -0.2) is 61.3 Å². The highest BCUT2D eigenvalue weighted by atomic mass is 35.5. The fourth-order valence-electron chi connectivity index (χ4n) is 3.19. The average molecular weight is 403 g/mol. The minimum atomic E-state index is -0.513. The Morgan fingerprint density at radius 1 is 1.07 bits per heavy atom. The van der Waals surface area contributed by atoms with E-state index in [0.29, 0.717) is 19.6 Å². The van der Waals surface area contributed by atoms with E-state index >= 15 is 0 Å². The Bertz CT molecular complexity index is 732. The van der Waals surface area contributed by atoms with Gasteiger partial charge >= 0.3 is 0 Å². The molecule has 0 aromatic heterocycles. The van der Waals surface area contributed by atoms with Gasteiger partial charge in [0, 0.05) is 6.08 Å². The summed E-state index contributed by atoms with van der Waals surface area (Å²) in [6.45, 7) is 4.02. The predicted molar refractivity (Wildman–Crippen MR) is 106 cm³/mol. The van der Waals surface area contributed by atoms with Crippen molar-refractivity contribution in [3.05, 3.63) is 72.3 Å². The van der Waals surface area contributed by atoms with E-state index < -0.39 is 6.10 Å². The number of piperazine rings is 1. The van der Waals surface area contributed by atoms with Crippen molar-refractivity contribution in [2.24, 2.45) is 0 Å². The molecule has 1 unspecified atom stereocenters. The summed E-state index contributed by atoms with van der Waals surface area (Å²) in [6.07, 6.45) is 2.98. The lowest BCUT2D eigenvalue weighted by Gasteiger charge is -2.32. The van der Waals surface area contributed by atoms with Gasteiger partial charge in [-0.1, -0.05) is 48.5 Å². The highest BCUT2D eigenvalue weighted by molar-refractivity contribution is 5.91. The van der Waals surface area contributed by atoms with Gasteiger partial charge in [-0.05, 0) is 23.8 Å². The molecule has 2 N–H and O–H groups in total. The Morgan fingerprint density at radius 2 is 1.68 bits per heavy atom. The van der Waals surface area contributed by atoms with E-state index in [0.717, 1.165) is 24.4 Å². The van der Waals surface area contributed by atoms with Crippen molar-refractivity contribution >= 4 is 12.0 Å². The standard InChI is InChI=1S/C22H26N2O3.ClH/c25-20(18-27-21-9-5-2-6-10-21)17-23-13-15-24(16-14-23)22(26)12-11-19-7-3-1-4-8-19;/h1-12,20,25H,13-18H2;1H/b12-11+;. The zero-order chi connectivity index (χ0) is 18.9. The molecule has 1 amide bonds. The molecule has 150 valence electrons. The number of nitrogens with one attached hydrogen (secondary N) is 1. The maximum absolute atomic E-state index is 12.3. The topological polar surface area (TPSA) is 54.2 Å². The number of halogens is 1. The summed E-state index contributed by atoms with van der Waals surface area (Å²) in [5.74, 6) is 0.818. The van der Waals surface area contributed by atoms with Gasteiger partial charge in [-0.2, -0.15) is 0 Å². The van der Waals surface area contributed by atoms with E-state index in [9.17, 15) is 9.90 Å². The first-order valence-electron chi connectivity index (χ1n) is 9.42. The lowest BCUT2D eigenvalue weighted by Crippen LogP contribution is -3.15. The molecule has 5 nitrogen and oxygen atoms in total. The summed E-state index contributed by atoms with van der Waals surface area (Å²) >= 11 is 0. The van der Waals surface area contributed by atoms with Gasteiger partial charge in [0.25, 0.3) is 0 Å². The third-order valence-electron chi connectivity index (χ3n) is 4.71. The summed E-state index contributed by atoms with van der Waals surface area (Å²) in [4.78, 5) is 15.5. The van der Waals surface area contributed by atoms with Crippen LogP contribution in [0.3, 0.4) is 0 Å². The molecule has 1 atom stereocenters. The molecule has 1 aliphatic rings. The summed E-state index contributed by atoms with van der Waals surface area (Å²) < 4.78 is 5.61.